The first-order chi connectivity index (χ1) is 8.15. The fourth-order valence-corrected chi connectivity index (χ4v) is 3.19. The molecule has 0 radical (unpaired) electrons. The minimum atomic E-state index is 0.225. The van der Waals surface area contributed by atoms with E-state index < -0.39 is 0 Å². The summed E-state index contributed by atoms with van der Waals surface area (Å²) in [6.45, 7) is 2.68. The summed E-state index contributed by atoms with van der Waals surface area (Å²) in [5.41, 5.74) is 0. The quantitative estimate of drug-likeness (QED) is 0.913. The Morgan fingerprint density at radius 3 is 3.06 bits per heavy atom. The number of hydrogen-bond acceptors (Lipinski definition) is 3. The first kappa shape index (κ1) is 12.9. The van der Waals surface area contributed by atoms with Gasteiger partial charge in [0.1, 0.15) is 0 Å². The Morgan fingerprint density at radius 2 is 2.47 bits per heavy atom. The molecule has 1 saturated heterocycles. The van der Waals surface area contributed by atoms with Gasteiger partial charge in [-0.2, -0.15) is 0 Å². The molecule has 1 unspecified atom stereocenters. The summed E-state index contributed by atoms with van der Waals surface area (Å²) < 4.78 is 0.779. The molecule has 0 bridgehead atoms. The van der Waals surface area contributed by atoms with Crippen LogP contribution in [0.3, 0.4) is 0 Å². The van der Waals surface area contributed by atoms with Gasteiger partial charge in [0.25, 0.3) is 0 Å². The van der Waals surface area contributed by atoms with Gasteiger partial charge in [0, 0.05) is 18.3 Å². The summed E-state index contributed by atoms with van der Waals surface area (Å²) in [7, 11) is 1.86. The third-order valence-electron chi connectivity index (χ3n) is 3.07. The number of carbonyl (C=O) groups is 1. The molecule has 1 aromatic rings. The van der Waals surface area contributed by atoms with Crippen LogP contribution in [-0.4, -0.2) is 30.9 Å². The van der Waals surface area contributed by atoms with Crippen LogP contribution >= 0.6 is 22.9 Å². The van der Waals surface area contributed by atoms with Crippen LogP contribution in [0, 0.1) is 5.92 Å². The van der Waals surface area contributed by atoms with Gasteiger partial charge in [-0.25, -0.2) is 0 Å². The number of rotatable bonds is 4. The van der Waals surface area contributed by atoms with Crippen LogP contribution in [0.5, 0.6) is 0 Å². The van der Waals surface area contributed by atoms with Gasteiger partial charge < -0.3 is 10.2 Å². The van der Waals surface area contributed by atoms with Gasteiger partial charge in [0.05, 0.1) is 10.9 Å². The Kier molecular flexibility index (Phi) is 4.42. The molecule has 1 aromatic heterocycles. The van der Waals surface area contributed by atoms with Crippen LogP contribution in [0.1, 0.15) is 17.7 Å². The van der Waals surface area contributed by atoms with Crippen LogP contribution < -0.4 is 5.32 Å². The van der Waals surface area contributed by atoms with Crippen molar-refractivity contribution in [1.29, 1.82) is 0 Å². The van der Waals surface area contributed by atoms with E-state index in [0.29, 0.717) is 18.9 Å². The second-order valence-corrected chi connectivity index (χ2v) is 6.32. The number of hydrogen-bond donors (Lipinski definition) is 1. The second-order valence-electron chi connectivity index (χ2n) is 4.52. The van der Waals surface area contributed by atoms with E-state index in [4.69, 9.17) is 11.6 Å². The van der Waals surface area contributed by atoms with Gasteiger partial charge in [-0.15, -0.1) is 11.3 Å². The molecule has 1 atom stereocenters. The molecule has 94 valence electrons. The van der Waals surface area contributed by atoms with Crippen molar-refractivity contribution in [2.24, 2.45) is 5.92 Å². The Bertz CT molecular complexity index is 388. The first-order valence-electron chi connectivity index (χ1n) is 5.84. The van der Waals surface area contributed by atoms with Crippen molar-refractivity contribution in [1.82, 2.24) is 10.2 Å². The highest BCUT2D eigenvalue weighted by Gasteiger charge is 2.20. The smallest absolute Gasteiger partial charge is 0.222 e. The molecule has 5 heteroatoms. The largest absolute Gasteiger partial charge is 0.341 e. The SMILES string of the molecule is CN(Cc1ccc(Cl)s1)C(=O)CC1CCNC1. The van der Waals surface area contributed by atoms with E-state index in [1.165, 1.54) is 11.3 Å². The molecule has 1 N–H and O–H groups in total. The van der Waals surface area contributed by atoms with Crippen LogP contribution in [0.2, 0.25) is 4.34 Å². The molecule has 2 rings (SSSR count). The lowest BCUT2D eigenvalue weighted by Crippen LogP contribution is -2.28. The zero-order chi connectivity index (χ0) is 12.3. The van der Waals surface area contributed by atoms with Gasteiger partial charge in [-0.3, -0.25) is 4.79 Å². The second kappa shape index (κ2) is 5.85. The van der Waals surface area contributed by atoms with Crippen LogP contribution in [0.25, 0.3) is 0 Å². The average molecular weight is 273 g/mol. The fourth-order valence-electron chi connectivity index (χ4n) is 2.05. The average Bonchev–Trinajstić information content (AvgIpc) is 2.90. The minimum absolute atomic E-state index is 0.225. The topological polar surface area (TPSA) is 32.3 Å². The van der Waals surface area contributed by atoms with Gasteiger partial charge in [-0.1, -0.05) is 11.6 Å². The number of nitrogens with one attached hydrogen (secondary N) is 1. The predicted octanol–water partition coefficient (Wildman–Crippen LogP) is 2.36. The van der Waals surface area contributed by atoms with Crippen molar-refractivity contribution in [3.8, 4) is 0 Å². The third kappa shape index (κ3) is 3.69. The summed E-state index contributed by atoms with van der Waals surface area (Å²) in [5.74, 6) is 0.736. The maximum atomic E-state index is 12.0. The van der Waals surface area contributed by atoms with Crippen LogP contribution in [-0.2, 0) is 11.3 Å². The Balaban J connectivity index is 1.82. The minimum Gasteiger partial charge on any atom is -0.341 e. The molecule has 17 heavy (non-hydrogen) atoms. The molecule has 2 heterocycles. The van der Waals surface area contributed by atoms with Gasteiger partial charge in [-0.05, 0) is 37.6 Å². The summed E-state index contributed by atoms with van der Waals surface area (Å²) in [6.07, 6.45) is 1.77. The zero-order valence-electron chi connectivity index (χ0n) is 9.91. The zero-order valence-corrected chi connectivity index (χ0v) is 11.5. The van der Waals surface area contributed by atoms with Gasteiger partial charge in [0.2, 0.25) is 5.91 Å². The maximum Gasteiger partial charge on any atom is 0.222 e. The predicted molar refractivity (Wildman–Crippen MR) is 71.4 cm³/mol. The number of halogens is 1. The van der Waals surface area contributed by atoms with Crippen molar-refractivity contribution in [2.45, 2.75) is 19.4 Å². The molecular weight excluding hydrogens is 256 g/mol. The lowest BCUT2D eigenvalue weighted by molar-refractivity contribution is -0.131. The molecule has 0 aromatic carbocycles. The van der Waals surface area contributed by atoms with E-state index in [-0.39, 0.29) is 5.91 Å². The van der Waals surface area contributed by atoms with Crippen LogP contribution in [0.4, 0.5) is 0 Å². The molecule has 0 aliphatic carbocycles. The number of carbonyl (C=O) groups excluding carboxylic acids is 1. The first-order valence-corrected chi connectivity index (χ1v) is 7.03. The van der Waals surface area contributed by atoms with Crippen LogP contribution in [0.15, 0.2) is 12.1 Å². The Hall–Kier alpha value is -0.580. The lowest BCUT2D eigenvalue weighted by atomic mass is 10.0. The number of nitrogens with zero attached hydrogens (tertiary/aromatic N) is 1. The van der Waals surface area contributed by atoms with Crippen molar-refractivity contribution in [3.05, 3.63) is 21.3 Å². The van der Waals surface area contributed by atoms with Crippen molar-refractivity contribution in [3.63, 3.8) is 0 Å². The fraction of sp³-hybridized carbons (Fsp3) is 0.583. The van der Waals surface area contributed by atoms with E-state index >= 15 is 0 Å². The van der Waals surface area contributed by atoms with E-state index in [2.05, 4.69) is 5.32 Å². The highest BCUT2D eigenvalue weighted by atomic mass is 35.5. The summed E-state index contributed by atoms with van der Waals surface area (Å²) in [5, 5.41) is 3.28. The molecule has 1 fully saturated rings. The molecule has 3 nitrogen and oxygen atoms in total. The van der Waals surface area contributed by atoms with E-state index in [9.17, 15) is 4.79 Å². The molecule has 0 saturated carbocycles. The Morgan fingerprint density at radius 1 is 1.65 bits per heavy atom. The molecule has 1 aliphatic rings. The highest BCUT2D eigenvalue weighted by molar-refractivity contribution is 7.16. The van der Waals surface area contributed by atoms with Crippen molar-refractivity contribution in [2.75, 3.05) is 20.1 Å². The Labute approximate surface area is 111 Å². The monoisotopic (exact) mass is 272 g/mol. The molecular formula is C12H17ClN2OS. The van der Waals surface area contributed by atoms with Crippen molar-refractivity contribution < 1.29 is 4.79 Å². The summed E-state index contributed by atoms with van der Waals surface area (Å²) >= 11 is 7.40. The molecule has 0 spiro atoms. The summed E-state index contributed by atoms with van der Waals surface area (Å²) in [4.78, 5) is 14.9. The van der Waals surface area contributed by atoms with Gasteiger partial charge in [0.15, 0.2) is 0 Å². The van der Waals surface area contributed by atoms with Crippen molar-refractivity contribution >= 4 is 28.8 Å². The highest BCUT2D eigenvalue weighted by Crippen LogP contribution is 2.23. The number of thiophene rings is 1. The van der Waals surface area contributed by atoms with E-state index in [1.807, 2.05) is 19.2 Å². The maximum absolute atomic E-state index is 12.0. The van der Waals surface area contributed by atoms with E-state index in [1.54, 1.807) is 4.90 Å². The van der Waals surface area contributed by atoms with Gasteiger partial charge >= 0.3 is 0 Å². The molecule has 1 amide bonds. The normalized spacial score (nSPS) is 19.5. The third-order valence-corrected chi connectivity index (χ3v) is 4.29. The number of amides is 1. The van der Waals surface area contributed by atoms with E-state index in [0.717, 1.165) is 28.7 Å². The molecule has 1 aliphatic heterocycles. The lowest BCUT2D eigenvalue weighted by Gasteiger charge is -2.18. The standard InChI is InChI=1S/C12H17ClN2OS/c1-15(8-10-2-3-11(13)17-10)12(16)6-9-4-5-14-7-9/h2-3,9,14H,4-8H2,1H3. The summed E-state index contributed by atoms with van der Waals surface area (Å²) in [6, 6.07) is 3.86.